The molecule has 10 atom stereocenters. The van der Waals surface area contributed by atoms with Crippen molar-refractivity contribution in [3.8, 4) is 46.3 Å². The van der Waals surface area contributed by atoms with E-state index in [1.807, 2.05) is 25.1 Å². The molecule has 17 heteroatoms. The number of aliphatic hydroxyl groups excluding tert-OH is 2. The number of carboxylic acid groups (broad SMARTS) is 1. The highest BCUT2D eigenvalue weighted by molar-refractivity contribution is 5.97. The van der Waals surface area contributed by atoms with E-state index in [0.29, 0.717) is 53.7 Å². The summed E-state index contributed by atoms with van der Waals surface area (Å²) in [6.45, 7) is 5.90. The number of rotatable bonds is 10. The van der Waals surface area contributed by atoms with Crippen LogP contribution in [0.2, 0.25) is 0 Å². The summed E-state index contributed by atoms with van der Waals surface area (Å²) in [5.41, 5.74) is 11.3. The molecule has 10 unspecified atom stereocenters. The van der Waals surface area contributed by atoms with E-state index in [2.05, 4.69) is 31.0 Å². The molecule has 8 rings (SSSR count). The SMILES string of the molecule is CCc1cc(O)cc(Cc2cc3c(cc2OOC2C4OCC(N)C(NC)CC#CC(C(=O)O)C(=O)OCC(O4)C(O)C2O)C2Oc4c(cc5c(c4CC(C)C)OCO5)C2CO3)c1. The van der Waals surface area contributed by atoms with Gasteiger partial charge in [0.25, 0.3) is 0 Å². The van der Waals surface area contributed by atoms with E-state index >= 15 is 0 Å². The Labute approximate surface area is 358 Å². The molecule has 0 spiro atoms. The van der Waals surface area contributed by atoms with Crippen LogP contribution in [-0.4, -0.2) is 109 Å². The number of nitrogens with one attached hydrogen (secondary N) is 1. The highest BCUT2D eigenvalue weighted by Gasteiger charge is 2.49. The zero-order chi connectivity index (χ0) is 43.8. The molecule has 5 heterocycles. The van der Waals surface area contributed by atoms with Crippen LogP contribution >= 0.6 is 0 Å². The van der Waals surface area contributed by atoms with Gasteiger partial charge in [-0.1, -0.05) is 32.8 Å². The molecule has 5 aliphatic heterocycles. The average Bonchev–Trinajstić information content (AvgIpc) is 3.87. The standard InChI is InChI=1S/C45H52N2O15/c1-5-22-10-23(13-25(48)12-22)11-24-14-34-28(40-30(17-54-34)27-15-35-41(58-20-57-35)29(9-21(2)3)39(27)60-40)16-33(24)61-62-42-38(50)37(49)36-19-55-44(53)26(43(51)52)7-6-8-32(47-4)31(46)18-56-45(42)59-36/h10,12-16,21,26,30-32,36-38,40,42,45,47-50H,5,8-9,11,17-20,46H2,1-4H3,(H,51,52). The van der Waals surface area contributed by atoms with Crippen molar-refractivity contribution >= 4 is 11.9 Å². The molecule has 2 bridgehead atoms. The number of esters is 1. The lowest BCUT2D eigenvalue weighted by atomic mass is 9.86. The average molecular weight is 861 g/mol. The minimum absolute atomic E-state index is 0.0694. The summed E-state index contributed by atoms with van der Waals surface area (Å²) in [5.74, 6) is 3.70. The van der Waals surface area contributed by atoms with Crippen LogP contribution in [0.5, 0.6) is 34.5 Å². The number of fused-ring (bicyclic) bond motifs is 8. The number of ether oxygens (including phenoxy) is 7. The van der Waals surface area contributed by atoms with E-state index in [-0.39, 0.29) is 43.7 Å². The number of likely N-dealkylation sites (N-methyl/N-ethyl adjacent to an activating group) is 1. The van der Waals surface area contributed by atoms with Crippen molar-refractivity contribution in [1.82, 2.24) is 5.32 Å². The third-order valence-electron chi connectivity index (χ3n) is 11.8. The summed E-state index contributed by atoms with van der Waals surface area (Å²) in [6.07, 6.45) is -6.51. The van der Waals surface area contributed by atoms with Gasteiger partial charge in [-0.15, -0.1) is 5.92 Å². The lowest BCUT2D eigenvalue weighted by molar-refractivity contribution is -0.373. The molecular weight excluding hydrogens is 808 g/mol. The molecule has 0 saturated carbocycles. The molecule has 0 radical (unpaired) electrons. The van der Waals surface area contributed by atoms with Gasteiger partial charge in [-0.05, 0) is 67.3 Å². The minimum Gasteiger partial charge on any atom is -0.508 e. The number of carboxylic acids is 1. The van der Waals surface area contributed by atoms with Crippen LogP contribution in [0.4, 0.5) is 0 Å². The van der Waals surface area contributed by atoms with Crippen molar-refractivity contribution in [3.05, 3.63) is 69.8 Å². The van der Waals surface area contributed by atoms with E-state index in [1.165, 1.54) is 0 Å². The first kappa shape index (κ1) is 43.3. The van der Waals surface area contributed by atoms with E-state index in [0.717, 1.165) is 28.0 Å². The van der Waals surface area contributed by atoms with Crippen molar-refractivity contribution < 1.29 is 72.9 Å². The lowest BCUT2D eigenvalue weighted by Gasteiger charge is -2.41. The number of aliphatic carboxylic acids is 1. The third-order valence-corrected chi connectivity index (χ3v) is 11.8. The first-order chi connectivity index (χ1) is 29.8. The maximum absolute atomic E-state index is 12.8. The summed E-state index contributed by atoms with van der Waals surface area (Å²) in [7, 11) is 1.64. The van der Waals surface area contributed by atoms with Crippen LogP contribution in [0, 0.1) is 23.7 Å². The second-order valence-corrected chi connectivity index (χ2v) is 16.6. The van der Waals surface area contributed by atoms with Gasteiger partial charge in [0.05, 0.1) is 19.1 Å². The molecule has 332 valence electrons. The van der Waals surface area contributed by atoms with Crippen LogP contribution < -0.4 is 34.9 Å². The molecule has 17 nitrogen and oxygen atoms in total. The second-order valence-electron chi connectivity index (χ2n) is 16.6. The minimum atomic E-state index is -1.80. The summed E-state index contributed by atoms with van der Waals surface area (Å²) in [4.78, 5) is 36.8. The molecule has 62 heavy (non-hydrogen) atoms. The van der Waals surface area contributed by atoms with Gasteiger partial charge in [-0.3, -0.25) is 9.59 Å². The van der Waals surface area contributed by atoms with Crippen molar-refractivity contribution in [1.29, 1.82) is 0 Å². The molecule has 3 aromatic rings. The molecule has 0 aromatic heterocycles. The molecule has 3 aromatic carbocycles. The number of cyclic esters (lactones) is 1. The molecule has 7 N–H and O–H groups in total. The number of aryl methyl sites for hydroxylation is 1. The van der Waals surface area contributed by atoms with Crippen LogP contribution in [0.1, 0.15) is 72.6 Å². The lowest BCUT2D eigenvalue weighted by Crippen LogP contribution is -2.61. The molecular formula is C45H52N2O15. The van der Waals surface area contributed by atoms with E-state index in [9.17, 15) is 30.0 Å². The van der Waals surface area contributed by atoms with Gasteiger partial charge >= 0.3 is 11.9 Å². The first-order valence-electron chi connectivity index (χ1n) is 20.8. The van der Waals surface area contributed by atoms with Gasteiger partial charge in [0, 0.05) is 47.2 Å². The summed E-state index contributed by atoms with van der Waals surface area (Å²) >= 11 is 0. The Kier molecular flexibility index (Phi) is 12.7. The Bertz CT molecular complexity index is 2240. The molecule has 1 fully saturated rings. The van der Waals surface area contributed by atoms with E-state index < -0.39 is 73.4 Å². The summed E-state index contributed by atoms with van der Waals surface area (Å²) in [6, 6.07) is 9.66. The van der Waals surface area contributed by atoms with Crippen molar-refractivity contribution in [3.63, 3.8) is 0 Å². The van der Waals surface area contributed by atoms with Crippen molar-refractivity contribution in [2.75, 3.05) is 33.7 Å². The fourth-order valence-corrected chi connectivity index (χ4v) is 8.50. The Hall–Kier alpha value is -5.32. The number of hydrogen-bond donors (Lipinski definition) is 6. The first-order valence-corrected chi connectivity index (χ1v) is 20.8. The number of benzene rings is 3. The maximum Gasteiger partial charge on any atom is 0.332 e. The van der Waals surface area contributed by atoms with Gasteiger partial charge in [0.2, 0.25) is 12.7 Å². The van der Waals surface area contributed by atoms with Gasteiger partial charge in [0.15, 0.2) is 29.6 Å². The number of nitrogens with two attached hydrogens (primary N) is 1. The number of aliphatic hydroxyl groups is 2. The summed E-state index contributed by atoms with van der Waals surface area (Å²) < 4.78 is 42.4. The molecule has 1 saturated heterocycles. The van der Waals surface area contributed by atoms with Crippen LogP contribution in [-0.2, 0) is 47.9 Å². The fraction of sp³-hybridized carbons (Fsp3) is 0.511. The highest BCUT2D eigenvalue weighted by Crippen LogP contribution is 2.57. The molecule has 0 aliphatic carbocycles. The topological polar surface area (TPSA) is 236 Å². The molecule has 5 aliphatic rings. The Balaban J connectivity index is 1.12. The van der Waals surface area contributed by atoms with Crippen LogP contribution in [0.3, 0.4) is 0 Å². The van der Waals surface area contributed by atoms with Crippen LogP contribution in [0.15, 0.2) is 36.4 Å². The number of hydrogen-bond acceptors (Lipinski definition) is 16. The van der Waals surface area contributed by atoms with Gasteiger partial charge in [-0.2, -0.15) is 4.89 Å². The Morgan fingerprint density at radius 2 is 1.77 bits per heavy atom. The Morgan fingerprint density at radius 3 is 2.53 bits per heavy atom. The Morgan fingerprint density at radius 1 is 0.968 bits per heavy atom. The second kappa shape index (κ2) is 18.2. The third kappa shape index (κ3) is 8.69. The van der Waals surface area contributed by atoms with Crippen LogP contribution in [0.25, 0.3) is 0 Å². The number of aromatic hydroxyl groups is 1. The van der Waals surface area contributed by atoms with E-state index in [4.69, 9.17) is 48.7 Å². The smallest absolute Gasteiger partial charge is 0.332 e. The van der Waals surface area contributed by atoms with E-state index in [1.54, 1.807) is 25.2 Å². The highest BCUT2D eigenvalue weighted by atomic mass is 17.2. The van der Waals surface area contributed by atoms with Gasteiger partial charge < -0.3 is 69.5 Å². The van der Waals surface area contributed by atoms with Crippen molar-refractivity contribution in [2.24, 2.45) is 17.6 Å². The number of carbonyl (C=O) groups is 2. The zero-order valence-electron chi connectivity index (χ0n) is 34.8. The maximum atomic E-state index is 12.8. The van der Waals surface area contributed by atoms with Crippen molar-refractivity contribution in [2.45, 2.75) is 101 Å². The van der Waals surface area contributed by atoms with Gasteiger partial charge in [0.1, 0.15) is 48.3 Å². The monoisotopic (exact) mass is 860 g/mol. The van der Waals surface area contributed by atoms with Gasteiger partial charge in [-0.25, -0.2) is 0 Å². The predicted octanol–water partition coefficient (Wildman–Crippen LogP) is 2.79. The molecule has 0 amide bonds. The fourth-order valence-electron chi connectivity index (χ4n) is 8.50. The summed E-state index contributed by atoms with van der Waals surface area (Å²) in [5, 5.41) is 46.1. The quantitative estimate of drug-likeness (QED) is 0.0565. The number of carbonyl (C=O) groups excluding carboxylic acids is 1. The predicted molar refractivity (Wildman–Crippen MR) is 217 cm³/mol. The zero-order valence-corrected chi connectivity index (χ0v) is 34.8. The normalized spacial score (nSPS) is 28.8. The number of phenols is 1. The number of phenolic OH excluding ortho intramolecular Hbond substituents is 1. The largest absolute Gasteiger partial charge is 0.508 e.